The predicted octanol–water partition coefficient (Wildman–Crippen LogP) is 5.79. The Bertz CT molecular complexity index is 1540. The number of β-amino-alcohol motifs (C(OH)–C–C–N with tert-alkyl or cyclic N) is 1. The van der Waals surface area contributed by atoms with Crippen molar-refractivity contribution in [3.8, 4) is 28.5 Å². The number of carbonyl (C=O) groups is 1. The maximum Gasteiger partial charge on any atom is 0.434 e. The number of aliphatic hydroxyl groups is 1. The molecule has 1 fully saturated rings. The molecule has 1 aliphatic rings. The van der Waals surface area contributed by atoms with Crippen molar-refractivity contribution in [2.24, 2.45) is 5.92 Å². The number of aryl methyl sites for hydroxylation is 1. The maximum atomic E-state index is 14.2. The molecule has 0 saturated carbocycles. The van der Waals surface area contributed by atoms with E-state index in [4.69, 9.17) is 21.2 Å². The highest BCUT2D eigenvalue weighted by molar-refractivity contribution is 6.30. The molecule has 13 heteroatoms. The molecule has 0 spiro atoms. The van der Waals surface area contributed by atoms with Crippen LogP contribution in [-0.2, 0) is 11.0 Å². The highest BCUT2D eigenvalue weighted by Crippen LogP contribution is 2.39. The number of nitrogens with zero attached hydrogens (tertiary/aromatic N) is 5. The van der Waals surface area contributed by atoms with Gasteiger partial charge in [-0.05, 0) is 61.6 Å². The van der Waals surface area contributed by atoms with Crippen LogP contribution in [0.5, 0.6) is 0 Å². The second-order valence-electron chi connectivity index (χ2n) is 10.2. The molecular formula is C28H27ClF3N5O4. The molecule has 0 radical (unpaired) electrons. The number of piperidine rings is 1. The van der Waals surface area contributed by atoms with Gasteiger partial charge >= 0.3 is 12.1 Å². The van der Waals surface area contributed by atoms with Gasteiger partial charge in [-0.25, -0.2) is 4.68 Å². The van der Waals surface area contributed by atoms with Gasteiger partial charge in [-0.2, -0.15) is 23.3 Å². The topological polar surface area (TPSA) is 118 Å². The molecule has 41 heavy (non-hydrogen) atoms. The highest BCUT2D eigenvalue weighted by Gasteiger charge is 2.41. The van der Waals surface area contributed by atoms with Crippen molar-refractivity contribution in [1.29, 1.82) is 0 Å². The summed E-state index contributed by atoms with van der Waals surface area (Å²) in [6, 6.07) is 11.2. The van der Waals surface area contributed by atoms with Gasteiger partial charge in [-0.1, -0.05) is 41.0 Å². The SMILES string of the molecule is Cc1cc(Cl)ccc1-n1ncc(-c2nc(-c3ccc([C@H](O)CN4CCC[C@H](CC(=O)O)C4)cc3)no2)c1C(F)(F)F. The van der Waals surface area contributed by atoms with E-state index in [0.717, 1.165) is 30.3 Å². The summed E-state index contributed by atoms with van der Waals surface area (Å²) in [5.74, 6) is -1.02. The lowest BCUT2D eigenvalue weighted by atomic mass is 9.94. The third-order valence-electron chi connectivity index (χ3n) is 7.13. The second kappa shape index (κ2) is 11.6. The van der Waals surface area contributed by atoms with Crippen molar-refractivity contribution < 1.29 is 32.7 Å². The molecule has 1 saturated heterocycles. The fraction of sp³-hybridized carbons (Fsp3) is 0.357. The first kappa shape index (κ1) is 28.8. The van der Waals surface area contributed by atoms with Crippen LogP contribution in [0.4, 0.5) is 13.2 Å². The Morgan fingerprint density at radius 1 is 1.22 bits per heavy atom. The van der Waals surface area contributed by atoms with E-state index in [2.05, 4.69) is 20.1 Å². The van der Waals surface area contributed by atoms with E-state index in [1.165, 1.54) is 12.1 Å². The Balaban J connectivity index is 1.34. The van der Waals surface area contributed by atoms with Crippen LogP contribution in [0.2, 0.25) is 5.02 Å². The number of rotatable bonds is 8. The molecule has 9 nitrogen and oxygen atoms in total. The molecule has 216 valence electrons. The average Bonchev–Trinajstić information content (AvgIpc) is 3.56. The van der Waals surface area contributed by atoms with E-state index in [0.29, 0.717) is 34.8 Å². The minimum atomic E-state index is -4.77. The molecule has 0 amide bonds. The smallest absolute Gasteiger partial charge is 0.434 e. The Labute approximate surface area is 238 Å². The van der Waals surface area contributed by atoms with Crippen molar-refractivity contribution in [2.75, 3.05) is 19.6 Å². The number of alkyl halides is 3. The molecule has 0 aliphatic carbocycles. The molecule has 3 heterocycles. The Hall–Kier alpha value is -3.74. The predicted molar refractivity (Wildman–Crippen MR) is 143 cm³/mol. The normalized spacial score (nSPS) is 17.1. The van der Waals surface area contributed by atoms with Gasteiger partial charge in [-0.15, -0.1) is 0 Å². The standard InChI is InChI=1S/C28H27ClF3N5O4/c1-16-11-20(29)8-9-22(16)37-25(28(30,31)32)21(13-33-37)27-34-26(35-41-27)19-6-4-18(5-7-19)23(38)15-36-10-2-3-17(14-36)12-24(39)40/h4-9,11,13,17,23,38H,2-3,10,12,14-15H2,1H3,(H,39,40)/t17-,23-/m1/s1. The first-order valence-electron chi connectivity index (χ1n) is 13.0. The van der Waals surface area contributed by atoms with Crippen molar-refractivity contribution in [3.63, 3.8) is 0 Å². The van der Waals surface area contributed by atoms with E-state index >= 15 is 0 Å². The minimum Gasteiger partial charge on any atom is -0.481 e. The molecule has 4 aromatic rings. The number of benzene rings is 2. The lowest BCUT2D eigenvalue weighted by Crippen LogP contribution is -2.38. The molecule has 2 N–H and O–H groups in total. The maximum absolute atomic E-state index is 14.2. The summed E-state index contributed by atoms with van der Waals surface area (Å²) in [5, 5.41) is 28.1. The van der Waals surface area contributed by atoms with Crippen LogP contribution in [0.15, 0.2) is 53.2 Å². The first-order valence-corrected chi connectivity index (χ1v) is 13.4. The van der Waals surface area contributed by atoms with Crippen molar-refractivity contribution in [2.45, 2.75) is 38.5 Å². The van der Waals surface area contributed by atoms with Gasteiger partial charge < -0.3 is 19.6 Å². The fourth-order valence-corrected chi connectivity index (χ4v) is 5.43. The zero-order valence-corrected chi connectivity index (χ0v) is 22.7. The van der Waals surface area contributed by atoms with Crippen molar-refractivity contribution in [1.82, 2.24) is 24.8 Å². The van der Waals surface area contributed by atoms with Crippen LogP contribution in [0.1, 0.15) is 42.2 Å². The van der Waals surface area contributed by atoms with Gasteiger partial charge in [0.15, 0.2) is 5.69 Å². The lowest BCUT2D eigenvalue weighted by Gasteiger charge is -2.33. The van der Waals surface area contributed by atoms with E-state index in [-0.39, 0.29) is 35.3 Å². The monoisotopic (exact) mass is 589 g/mol. The summed E-state index contributed by atoms with van der Waals surface area (Å²) in [5.41, 5.74) is 0.428. The number of likely N-dealkylation sites (tertiary alicyclic amines) is 1. The fourth-order valence-electron chi connectivity index (χ4n) is 5.20. The van der Waals surface area contributed by atoms with Gasteiger partial charge in [0, 0.05) is 30.1 Å². The summed E-state index contributed by atoms with van der Waals surface area (Å²) in [4.78, 5) is 17.3. The molecule has 1 aliphatic heterocycles. The number of carboxylic acid groups (broad SMARTS) is 1. The van der Waals surface area contributed by atoms with Gasteiger partial charge in [0.1, 0.15) is 0 Å². The van der Waals surface area contributed by atoms with Gasteiger partial charge in [-0.3, -0.25) is 4.79 Å². The van der Waals surface area contributed by atoms with E-state index in [1.807, 2.05) is 0 Å². The zero-order valence-electron chi connectivity index (χ0n) is 22.0. The quantitative estimate of drug-likeness (QED) is 0.265. The van der Waals surface area contributed by atoms with Gasteiger partial charge in [0.25, 0.3) is 5.89 Å². The third kappa shape index (κ3) is 6.45. The van der Waals surface area contributed by atoms with Crippen molar-refractivity contribution in [3.05, 3.63) is 70.5 Å². The number of hydrogen-bond acceptors (Lipinski definition) is 7. The van der Waals surface area contributed by atoms with E-state index in [1.54, 1.807) is 37.3 Å². The summed E-state index contributed by atoms with van der Waals surface area (Å²) >= 11 is 5.97. The second-order valence-corrected chi connectivity index (χ2v) is 10.6. The summed E-state index contributed by atoms with van der Waals surface area (Å²) in [6.07, 6.45) is -2.70. The number of carboxylic acids is 1. The van der Waals surface area contributed by atoms with Gasteiger partial charge in [0.05, 0.1) is 23.6 Å². The van der Waals surface area contributed by atoms with Gasteiger partial charge in [0.2, 0.25) is 5.82 Å². The van der Waals surface area contributed by atoms with E-state index < -0.39 is 23.9 Å². The summed E-state index contributed by atoms with van der Waals surface area (Å²) in [7, 11) is 0. The summed E-state index contributed by atoms with van der Waals surface area (Å²) in [6.45, 7) is 3.39. The molecule has 2 aromatic carbocycles. The zero-order chi connectivity index (χ0) is 29.3. The van der Waals surface area contributed by atoms with Crippen molar-refractivity contribution >= 4 is 17.6 Å². The van der Waals surface area contributed by atoms with Crippen LogP contribution in [0, 0.1) is 12.8 Å². The highest BCUT2D eigenvalue weighted by atomic mass is 35.5. The Kier molecular flexibility index (Phi) is 8.16. The molecule has 0 unspecified atom stereocenters. The average molecular weight is 590 g/mol. The number of aromatic nitrogens is 4. The Morgan fingerprint density at radius 3 is 2.66 bits per heavy atom. The largest absolute Gasteiger partial charge is 0.481 e. The molecular weight excluding hydrogens is 563 g/mol. The van der Waals surface area contributed by atoms with E-state index in [9.17, 15) is 23.1 Å². The number of halogens is 4. The molecule has 2 atom stereocenters. The number of aliphatic carboxylic acids is 1. The Morgan fingerprint density at radius 2 is 1.98 bits per heavy atom. The molecule has 2 aromatic heterocycles. The third-order valence-corrected chi connectivity index (χ3v) is 7.37. The summed E-state index contributed by atoms with van der Waals surface area (Å²) < 4.78 is 48.6. The molecule has 0 bridgehead atoms. The van der Waals surface area contributed by atoms with Crippen LogP contribution in [0.3, 0.4) is 0 Å². The lowest BCUT2D eigenvalue weighted by molar-refractivity contribution is -0.142. The van der Waals surface area contributed by atoms with Crippen LogP contribution in [0.25, 0.3) is 28.5 Å². The molecule has 5 rings (SSSR count). The first-order chi connectivity index (χ1) is 19.5. The van der Waals surface area contributed by atoms with Crippen LogP contribution >= 0.6 is 11.6 Å². The van der Waals surface area contributed by atoms with Crippen LogP contribution in [-0.4, -0.2) is 60.6 Å². The number of hydrogen-bond donors (Lipinski definition) is 2. The number of aliphatic hydroxyl groups excluding tert-OH is 1. The minimum absolute atomic E-state index is 0.0587. The van der Waals surface area contributed by atoms with Crippen LogP contribution < -0.4 is 0 Å².